The van der Waals surface area contributed by atoms with E-state index in [-0.39, 0.29) is 0 Å². The fraction of sp³-hybridized carbons (Fsp3) is 0.111. The Morgan fingerprint density at radius 2 is 1.76 bits per heavy atom. The van der Waals surface area contributed by atoms with Crippen LogP contribution in [-0.2, 0) is 5.60 Å². The summed E-state index contributed by atoms with van der Waals surface area (Å²) in [7, 11) is 0. The maximum Gasteiger partial charge on any atom is 0.112 e. The second kappa shape index (κ2) is 5.01. The molecule has 2 aromatic carbocycles. The van der Waals surface area contributed by atoms with Gasteiger partial charge in [0, 0.05) is 11.6 Å². The number of nitrogens with zero attached hydrogens (tertiary/aromatic N) is 2. The Bertz CT molecular complexity index is 830. The van der Waals surface area contributed by atoms with Gasteiger partial charge in [-0.05, 0) is 48.4 Å². The normalized spacial score (nSPS) is 13.6. The third kappa shape index (κ3) is 2.37. The molecule has 3 nitrogen and oxygen atoms in total. The van der Waals surface area contributed by atoms with Crippen LogP contribution < -0.4 is 0 Å². The Kier molecular flexibility index (Phi) is 3.17. The molecule has 0 saturated heterocycles. The lowest BCUT2D eigenvalue weighted by molar-refractivity contribution is 0.102. The van der Waals surface area contributed by atoms with Crippen LogP contribution in [0.5, 0.6) is 0 Å². The van der Waals surface area contributed by atoms with Gasteiger partial charge >= 0.3 is 0 Å². The van der Waals surface area contributed by atoms with Crippen LogP contribution in [0.15, 0.2) is 60.8 Å². The van der Waals surface area contributed by atoms with E-state index in [2.05, 4.69) is 11.1 Å². The van der Waals surface area contributed by atoms with Gasteiger partial charge in [-0.25, -0.2) is 0 Å². The minimum atomic E-state index is -1.11. The van der Waals surface area contributed by atoms with E-state index in [0.29, 0.717) is 5.56 Å². The summed E-state index contributed by atoms with van der Waals surface area (Å²) in [6, 6.07) is 18.7. The molecule has 1 heterocycles. The van der Waals surface area contributed by atoms with Gasteiger partial charge in [0.25, 0.3) is 0 Å². The van der Waals surface area contributed by atoms with Crippen LogP contribution in [0.1, 0.15) is 23.6 Å². The molecule has 1 aromatic heterocycles. The molecule has 102 valence electrons. The second-order valence-electron chi connectivity index (χ2n) is 5.17. The number of benzene rings is 2. The Morgan fingerprint density at radius 1 is 1.05 bits per heavy atom. The highest BCUT2D eigenvalue weighted by atomic mass is 16.3. The van der Waals surface area contributed by atoms with Crippen molar-refractivity contribution in [1.82, 2.24) is 4.98 Å². The summed E-state index contributed by atoms with van der Waals surface area (Å²) in [5, 5.41) is 20.7. The monoisotopic (exact) mass is 274 g/mol. The fourth-order valence-electron chi connectivity index (χ4n) is 2.41. The number of fused-ring (bicyclic) bond motifs is 1. The van der Waals surface area contributed by atoms with Crippen molar-refractivity contribution in [3.8, 4) is 6.07 Å². The second-order valence-corrected chi connectivity index (χ2v) is 5.17. The molecule has 0 aliphatic heterocycles. The van der Waals surface area contributed by atoms with Crippen molar-refractivity contribution >= 4 is 10.9 Å². The zero-order valence-corrected chi connectivity index (χ0v) is 11.6. The highest BCUT2D eigenvalue weighted by molar-refractivity contribution is 5.79. The molecule has 3 heteroatoms. The van der Waals surface area contributed by atoms with Gasteiger partial charge < -0.3 is 5.11 Å². The van der Waals surface area contributed by atoms with Crippen molar-refractivity contribution in [2.75, 3.05) is 0 Å². The highest BCUT2D eigenvalue weighted by Gasteiger charge is 2.25. The number of aromatic nitrogens is 1. The summed E-state index contributed by atoms with van der Waals surface area (Å²) in [5.41, 5.74) is 1.92. The molecule has 3 aromatic rings. The Balaban J connectivity index is 2.07. The molecule has 0 aliphatic rings. The molecule has 0 radical (unpaired) electrons. The standard InChI is InChI=1S/C18H14N2O/c1-18(21,15-6-4-13(12-19)5-7-15)16-8-9-17-14(11-16)3-2-10-20-17/h2-11,21H,1H3. The zero-order valence-electron chi connectivity index (χ0n) is 11.6. The average molecular weight is 274 g/mol. The predicted octanol–water partition coefficient (Wildman–Crippen LogP) is 3.36. The maximum atomic E-state index is 10.9. The molecular formula is C18H14N2O. The van der Waals surface area contributed by atoms with Crippen molar-refractivity contribution in [3.05, 3.63) is 77.5 Å². The van der Waals surface area contributed by atoms with Gasteiger partial charge in [-0.2, -0.15) is 5.26 Å². The predicted molar refractivity (Wildman–Crippen MR) is 81.6 cm³/mol. The Hall–Kier alpha value is -2.70. The van der Waals surface area contributed by atoms with E-state index in [1.807, 2.05) is 30.3 Å². The summed E-state index contributed by atoms with van der Waals surface area (Å²) in [6.07, 6.45) is 1.75. The molecule has 0 amide bonds. The van der Waals surface area contributed by atoms with Crippen LogP contribution in [0.4, 0.5) is 0 Å². The van der Waals surface area contributed by atoms with E-state index in [9.17, 15) is 5.11 Å². The van der Waals surface area contributed by atoms with Gasteiger partial charge in [-0.15, -0.1) is 0 Å². The summed E-state index contributed by atoms with van der Waals surface area (Å²) >= 11 is 0. The molecular weight excluding hydrogens is 260 g/mol. The summed E-state index contributed by atoms with van der Waals surface area (Å²) in [4.78, 5) is 4.28. The number of hydrogen-bond acceptors (Lipinski definition) is 3. The fourth-order valence-corrected chi connectivity index (χ4v) is 2.41. The molecule has 1 unspecified atom stereocenters. The van der Waals surface area contributed by atoms with E-state index in [4.69, 9.17) is 5.26 Å². The SMILES string of the molecule is CC(O)(c1ccc(C#N)cc1)c1ccc2ncccc2c1. The lowest BCUT2D eigenvalue weighted by Crippen LogP contribution is -2.22. The minimum absolute atomic E-state index is 0.581. The van der Waals surface area contributed by atoms with Crippen LogP contribution in [0, 0.1) is 11.3 Å². The summed E-state index contributed by atoms with van der Waals surface area (Å²) in [6.45, 7) is 1.76. The van der Waals surface area contributed by atoms with Gasteiger partial charge in [0.2, 0.25) is 0 Å². The third-order valence-electron chi connectivity index (χ3n) is 3.74. The largest absolute Gasteiger partial charge is 0.381 e. The number of nitriles is 1. The van der Waals surface area contributed by atoms with Gasteiger partial charge in [0.05, 0.1) is 17.1 Å². The molecule has 3 rings (SSSR count). The van der Waals surface area contributed by atoms with E-state index in [1.165, 1.54) is 0 Å². The smallest absolute Gasteiger partial charge is 0.112 e. The first-order valence-corrected chi connectivity index (χ1v) is 6.69. The van der Waals surface area contributed by atoms with E-state index >= 15 is 0 Å². The van der Waals surface area contributed by atoms with Crippen LogP contribution >= 0.6 is 0 Å². The molecule has 0 bridgehead atoms. The number of aliphatic hydroxyl groups is 1. The summed E-state index contributed by atoms with van der Waals surface area (Å²) < 4.78 is 0. The molecule has 1 atom stereocenters. The Labute approximate surface area is 123 Å². The van der Waals surface area contributed by atoms with Crippen LogP contribution in [0.3, 0.4) is 0 Å². The topological polar surface area (TPSA) is 56.9 Å². The van der Waals surface area contributed by atoms with Crippen molar-refractivity contribution in [2.45, 2.75) is 12.5 Å². The lowest BCUT2D eigenvalue weighted by atomic mass is 9.87. The van der Waals surface area contributed by atoms with Crippen LogP contribution in [-0.4, -0.2) is 10.1 Å². The van der Waals surface area contributed by atoms with Crippen molar-refractivity contribution in [3.63, 3.8) is 0 Å². The number of pyridine rings is 1. The highest BCUT2D eigenvalue weighted by Crippen LogP contribution is 2.30. The molecule has 0 saturated carbocycles. The van der Waals surface area contributed by atoms with Crippen molar-refractivity contribution < 1.29 is 5.11 Å². The van der Waals surface area contributed by atoms with E-state index < -0.39 is 5.60 Å². The quantitative estimate of drug-likeness (QED) is 0.779. The lowest BCUT2D eigenvalue weighted by Gasteiger charge is -2.25. The summed E-state index contributed by atoms with van der Waals surface area (Å²) in [5.74, 6) is 0. The average Bonchev–Trinajstić information content (AvgIpc) is 2.54. The maximum absolute atomic E-state index is 10.9. The molecule has 0 spiro atoms. The van der Waals surface area contributed by atoms with Gasteiger partial charge in [-0.3, -0.25) is 4.98 Å². The van der Waals surface area contributed by atoms with Gasteiger partial charge in [-0.1, -0.05) is 24.3 Å². The Morgan fingerprint density at radius 3 is 2.48 bits per heavy atom. The molecule has 0 fully saturated rings. The van der Waals surface area contributed by atoms with Crippen LogP contribution in [0.2, 0.25) is 0 Å². The van der Waals surface area contributed by atoms with Crippen molar-refractivity contribution in [2.24, 2.45) is 0 Å². The first-order chi connectivity index (χ1) is 10.1. The molecule has 21 heavy (non-hydrogen) atoms. The third-order valence-corrected chi connectivity index (χ3v) is 3.74. The van der Waals surface area contributed by atoms with Gasteiger partial charge in [0.15, 0.2) is 0 Å². The van der Waals surface area contributed by atoms with E-state index in [0.717, 1.165) is 22.0 Å². The van der Waals surface area contributed by atoms with Crippen LogP contribution in [0.25, 0.3) is 10.9 Å². The van der Waals surface area contributed by atoms with Gasteiger partial charge in [0.1, 0.15) is 5.60 Å². The minimum Gasteiger partial charge on any atom is -0.381 e. The first kappa shape index (κ1) is 13.3. The first-order valence-electron chi connectivity index (χ1n) is 6.69. The van der Waals surface area contributed by atoms with Crippen molar-refractivity contribution in [1.29, 1.82) is 5.26 Å². The molecule has 0 aliphatic carbocycles. The number of hydrogen-bond donors (Lipinski definition) is 1. The zero-order chi connectivity index (χ0) is 14.9. The number of rotatable bonds is 2. The molecule has 1 N–H and O–H groups in total. The van der Waals surface area contributed by atoms with E-state index in [1.54, 1.807) is 37.4 Å².